The summed E-state index contributed by atoms with van der Waals surface area (Å²) in [6.45, 7) is 8.64. The van der Waals surface area contributed by atoms with Crippen molar-refractivity contribution in [2.75, 3.05) is 7.05 Å². The van der Waals surface area contributed by atoms with Gasteiger partial charge in [0.2, 0.25) is 5.91 Å². The first kappa shape index (κ1) is 22.6. The quantitative estimate of drug-likeness (QED) is 0.564. The van der Waals surface area contributed by atoms with E-state index in [1.54, 1.807) is 13.2 Å². The number of thioether (sulfide) groups is 1. The van der Waals surface area contributed by atoms with Gasteiger partial charge in [-0.05, 0) is 30.0 Å². The van der Waals surface area contributed by atoms with E-state index in [1.807, 2.05) is 28.8 Å². The zero-order valence-electron chi connectivity index (χ0n) is 18.3. The number of benzene rings is 1. The standard InChI is InChI=1S/C22H27N5O3S/c1-14(19(28)24-20(29)23-5)31-21-26-25-18(27(21)13-17-7-6-12-30-17)15-8-10-16(11-9-15)22(2,3)4/h6-12,14H,13H2,1-5H3,(H2,23,24,28,29). The number of hydrogen-bond donors (Lipinski definition) is 2. The topological polar surface area (TPSA) is 102 Å². The number of nitrogens with one attached hydrogen (secondary N) is 2. The van der Waals surface area contributed by atoms with E-state index in [4.69, 9.17) is 4.42 Å². The summed E-state index contributed by atoms with van der Waals surface area (Å²) in [7, 11) is 1.46. The molecule has 3 amide bonds. The molecule has 164 valence electrons. The molecule has 3 aromatic rings. The van der Waals surface area contributed by atoms with Crippen LogP contribution in [-0.4, -0.2) is 39.0 Å². The summed E-state index contributed by atoms with van der Waals surface area (Å²) in [4.78, 5) is 23.7. The minimum atomic E-state index is -0.548. The van der Waals surface area contributed by atoms with Crippen LogP contribution in [0.25, 0.3) is 11.4 Å². The first-order valence-electron chi connectivity index (χ1n) is 9.94. The summed E-state index contributed by atoms with van der Waals surface area (Å²) in [5, 5.41) is 13.4. The maximum atomic E-state index is 12.3. The van der Waals surface area contributed by atoms with E-state index < -0.39 is 17.2 Å². The highest BCUT2D eigenvalue weighted by atomic mass is 32.2. The van der Waals surface area contributed by atoms with Crippen molar-refractivity contribution in [3.8, 4) is 11.4 Å². The molecule has 8 nitrogen and oxygen atoms in total. The van der Waals surface area contributed by atoms with Crippen LogP contribution >= 0.6 is 11.8 Å². The minimum Gasteiger partial charge on any atom is -0.467 e. The van der Waals surface area contributed by atoms with Crippen molar-refractivity contribution in [2.45, 2.75) is 50.1 Å². The Kier molecular flexibility index (Phi) is 6.84. The number of carbonyl (C=O) groups excluding carboxylic acids is 2. The van der Waals surface area contributed by atoms with Gasteiger partial charge in [0.15, 0.2) is 11.0 Å². The fourth-order valence-electron chi connectivity index (χ4n) is 2.90. The highest BCUT2D eigenvalue weighted by Gasteiger charge is 2.23. The Morgan fingerprint density at radius 1 is 1.16 bits per heavy atom. The van der Waals surface area contributed by atoms with E-state index in [0.29, 0.717) is 17.5 Å². The van der Waals surface area contributed by atoms with Gasteiger partial charge in [-0.2, -0.15) is 0 Å². The molecule has 1 unspecified atom stereocenters. The Morgan fingerprint density at radius 2 is 1.87 bits per heavy atom. The van der Waals surface area contributed by atoms with Gasteiger partial charge in [-0.15, -0.1) is 10.2 Å². The van der Waals surface area contributed by atoms with E-state index in [-0.39, 0.29) is 5.41 Å². The molecule has 0 spiro atoms. The van der Waals surface area contributed by atoms with Crippen molar-refractivity contribution >= 4 is 23.7 Å². The van der Waals surface area contributed by atoms with Gasteiger partial charge < -0.3 is 9.73 Å². The second-order valence-corrected chi connectivity index (χ2v) is 9.44. The summed E-state index contributed by atoms with van der Waals surface area (Å²) in [6, 6.07) is 11.4. The lowest BCUT2D eigenvalue weighted by atomic mass is 9.87. The van der Waals surface area contributed by atoms with E-state index in [0.717, 1.165) is 11.3 Å². The average Bonchev–Trinajstić information content (AvgIpc) is 3.38. The fourth-order valence-corrected chi connectivity index (χ4v) is 3.75. The lowest BCUT2D eigenvalue weighted by molar-refractivity contribution is -0.119. The predicted octanol–water partition coefficient (Wildman–Crippen LogP) is 3.82. The van der Waals surface area contributed by atoms with Gasteiger partial charge in [-0.1, -0.05) is 56.8 Å². The minimum absolute atomic E-state index is 0.0506. The molecule has 0 fully saturated rings. The third kappa shape index (κ3) is 5.55. The van der Waals surface area contributed by atoms with Crippen LogP contribution in [0.4, 0.5) is 4.79 Å². The van der Waals surface area contributed by atoms with Gasteiger partial charge in [0.05, 0.1) is 18.1 Å². The van der Waals surface area contributed by atoms with Gasteiger partial charge in [0.25, 0.3) is 0 Å². The van der Waals surface area contributed by atoms with Crippen LogP contribution in [0.2, 0.25) is 0 Å². The molecule has 9 heteroatoms. The summed E-state index contributed by atoms with van der Waals surface area (Å²) in [5.41, 5.74) is 2.19. The first-order valence-corrected chi connectivity index (χ1v) is 10.8. The van der Waals surface area contributed by atoms with E-state index in [1.165, 1.54) is 24.4 Å². The van der Waals surface area contributed by atoms with Crippen LogP contribution < -0.4 is 10.6 Å². The zero-order chi connectivity index (χ0) is 22.6. The van der Waals surface area contributed by atoms with Crippen molar-refractivity contribution in [3.05, 3.63) is 54.0 Å². The molecule has 0 radical (unpaired) electrons. The second kappa shape index (κ2) is 9.38. The molecular formula is C22H27N5O3S. The van der Waals surface area contributed by atoms with Gasteiger partial charge in [0.1, 0.15) is 5.76 Å². The van der Waals surface area contributed by atoms with Crippen molar-refractivity contribution in [3.63, 3.8) is 0 Å². The Labute approximate surface area is 185 Å². The molecule has 0 saturated carbocycles. The number of imide groups is 1. The van der Waals surface area contributed by atoms with Crippen molar-refractivity contribution < 1.29 is 14.0 Å². The number of rotatable bonds is 6. The predicted molar refractivity (Wildman–Crippen MR) is 120 cm³/mol. The Balaban J connectivity index is 1.91. The van der Waals surface area contributed by atoms with Crippen molar-refractivity contribution in [1.82, 2.24) is 25.4 Å². The van der Waals surface area contributed by atoms with Gasteiger partial charge in [-0.3, -0.25) is 14.7 Å². The number of aromatic nitrogens is 3. The van der Waals surface area contributed by atoms with E-state index in [9.17, 15) is 9.59 Å². The molecule has 0 bridgehead atoms. The molecular weight excluding hydrogens is 414 g/mol. The van der Waals surface area contributed by atoms with Crippen molar-refractivity contribution in [2.24, 2.45) is 0 Å². The number of nitrogens with zero attached hydrogens (tertiary/aromatic N) is 3. The molecule has 3 rings (SSSR count). The maximum absolute atomic E-state index is 12.3. The van der Waals surface area contributed by atoms with Gasteiger partial charge >= 0.3 is 6.03 Å². The molecule has 31 heavy (non-hydrogen) atoms. The molecule has 2 N–H and O–H groups in total. The molecule has 0 aliphatic rings. The molecule has 0 aliphatic carbocycles. The van der Waals surface area contributed by atoms with E-state index in [2.05, 4.69) is 53.7 Å². The molecule has 1 aromatic carbocycles. The summed E-state index contributed by atoms with van der Waals surface area (Å²) < 4.78 is 7.43. The number of urea groups is 1. The molecule has 2 heterocycles. The number of hydrogen-bond acceptors (Lipinski definition) is 6. The molecule has 1 atom stereocenters. The molecule has 2 aromatic heterocycles. The van der Waals surface area contributed by atoms with Crippen LogP contribution in [-0.2, 0) is 16.8 Å². The SMILES string of the molecule is CNC(=O)NC(=O)C(C)Sc1nnc(-c2ccc(C(C)(C)C)cc2)n1Cc1ccco1. The third-order valence-corrected chi connectivity index (χ3v) is 5.82. The Bertz CT molecular complexity index is 1040. The summed E-state index contributed by atoms with van der Waals surface area (Å²) in [6.07, 6.45) is 1.61. The highest BCUT2D eigenvalue weighted by Crippen LogP contribution is 2.30. The maximum Gasteiger partial charge on any atom is 0.321 e. The average molecular weight is 442 g/mol. The molecule has 0 saturated heterocycles. The second-order valence-electron chi connectivity index (χ2n) is 8.13. The fraction of sp³-hybridized carbons (Fsp3) is 0.364. The van der Waals surface area contributed by atoms with Crippen LogP contribution in [0.1, 0.15) is 39.0 Å². The summed E-state index contributed by atoms with van der Waals surface area (Å²) >= 11 is 1.23. The monoisotopic (exact) mass is 441 g/mol. The van der Waals surface area contributed by atoms with Gasteiger partial charge in [-0.25, -0.2) is 4.79 Å². The largest absolute Gasteiger partial charge is 0.467 e. The number of carbonyl (C=O) groups is 2. The Hall–Kier alpha value is -3.07. The van der Waals surface area contributed by atoms with Crippen LogP contribution in [0.3, 0.4) is 0 Å². The first-order chi connectivity index (χ1) is 14.7. The summed E-state index contributed by atoms with van der Waals surface area (Å²) in [5.74, 6) is 1.02. The van der Waals surface area contributed by atoms with E-state index >= 15 is 0 Å². The lowest BCUT2D eigenvalue weighted by Crippen LogP contribution is -2.41. The van der Waals surface area contributed by atoms with Crippen LogP contribution in [0.5, 0.6) is 0 Å². The highest BCUT2D eigenvalue weighted by molar-refractivity contribution is 8.00. The third-order valence-electron chi connectivity index (χ3n) is 4.74. The van der Waals surface area contributed by atoms with Crippen LogP contribution in [0, 0.1) is 0 Å². The number of amides is 3. The lowest BCUT2D eigenvalue weighted by Gasteiger charge is -2.19. The Morgan fingerprint density at radius 3 is 2.45 bits per heavy atom. The van der Waals surface area contributed by atoms with Gasteiger partial charge in [0, 0.05) is 12.6 Å². The smallest absolute Gasteiger partial charge is 0.321 e. The molecule has 0 aliphatic heterocycles. The van der Waals surface area contributed by atoms with Crippen molar-refractivity contribution in [1.29, 1.82) is 0 Å². The zero-order valence-corrected chi connectivity index (χ0v) is 19.1. The normalized spacial score (nSPS) is 12.4. The number of furan rings is 1. The van der Waals surface area contributed by atoms with Crippen LogP contribution in [0.15, 0.2) is 52.2 Å².